The summed E-state index contributed by atoms with van der Waals surface area (Å²) in [4.78, 5) is 105. The van der Waals surface area contributed by atoms with E-state index in [9.17, 15) is 38.4 Å². The van der Waals surface area contributed by atoms with Crippen LogP contribution in [0.5, 0.6) is 0 Å². The van der Waals surface area contributed by atoms with Crippen molar-refractivity contribution in [1.82, 2.24) is 50.1 Å². The number of para-hydroxylation sites is 2. The van der Waals surface area contributed by atoms with Gasteiger partial charge in [0.1, 0.15) is 45.3 Å². The number of carbonyl (C=O) groups is 4. The maximum atomic E-state index is 12.3. The van der Waals surface area contributed by atoms with Crippen molar-refractivity contribution >= 4 is 115 Å². The van der Waals surface area contributed by atoms with Crippen LogP contribution in [-0.4, -0.2) is 130 Å². The lowest BCUT2D eigenvalue weighted by atomic mass is 9.84. The lowest BCUT2D eigenvalue weighted by Crippen LogP contribution is -2.45. The molecule has 4 N–H and O–H groups in total. The number of amides is 6. The van der Waals surface area contributed by atoms with E-state index in [1.807, 2.05) is 38.1 Å². The van der Waals surface area contributed by atoms with E-state index in [0.29, 0.717) is 34.9 Å². The number of hydrogen-bond donors (Lipinski definition) is 4. The fourth-order valence-electron chi connectivity index (χ4n) is 9.00. The summed E-state index contributed by atoms with van der Waals surface area (Å²) in [5, 5.41) is 24.4. The third kappa shape index (κ3) is 28.5. The first-order valence-electron chi connectivity index (χ1n) is 33.6. The Hall–Kier alpha value is -6.52. The van der Waals surface area contributed by atoms with Gasteiger partial charge in [0.25, 0.3) is 11.1 Å². The Morgan fingerprint density at radius 2 is 0.814 bits per heavy atom. The van der Waals surface area contributed by atoms with E-state index in [1.165, 1.54) is 32.5 Å². The van der Waals surface area contributed by atoms with E-state index < -0.39 is 33.6 Å². The van der Waals surface area contributed by atoms with Crippen molar-refractivity contribution < 1.29 is 28.7 Å². The molecular formula is C72H114Cl4N14O10S2. The number of urea groups is 2. The second-order valence-corrected chi connectivity index (χ2v) is 33.2. The molecule has 6 amide bonds. The minimum absolute atomic E-state index is 0.0283. The Kier molecular flexibility index (Phi) is 37.8. The summed E-state index contributed by atoms with van der Waals surface area (Å²) in [5.41, 5.74) is 3.99. The van der Waals surface area contributed by atoms with Gasteiger partial charge in [-0.15, -0.1) is 43.6 Å². The van der Waals surface area contributed by atoms with E-state index in [2.05, 4.69) is 150 Å². The summed E-state index contributed by atoms with van der Waals surface area (Å²) >= 11 is 26.0. The fourth-order valence-corrected chi connectivity index (χ4v) is 11.3. The minimum atomic E-state index is -0.567. The van der Waals surface area contributed by atoms with Crippen molar-refractivity contribution in [2.24, 2.45) is 0 Å². The molecule has 0 aliphatic carbocycles. The van der Waals surface area contributed by atoms with Gasteiger partial charge >= 0.3 is 23.4 Å². The van der Waals surface area contributed by atoms with Crippen LogP contribution in [0.4, 0.5) is 31.2 Å². The summed E-state index contributed by atoms with van der Waals surface area (Å²) < 4.78 is 13.6. The zero-order chi connectivity index (χ0) is 79.0. The highest BCUT2D eigenvalue weighted by atomic mass is 35.5. The van der Waals surface area contributed by atoms with Gasteiger partial charge in [-0.1, -0.05) is 192 Å². The first kappa shape index (κ1) is 93.5. The number of nitrogens with zero attached hydrogens (tertiary/aromatic N) is 10. The highest BCUT2D eigenvalue weighted by Gasteiger charge is 2.30. The third-order valence-electron chi connectivity index (χ3n) is 14.7. The fraction of sp³-hybridized carbons (Fsp3) is 0.611. The molecule has 102 heavy (non-hydrogen) atoms. The second-order valence-electron chi connectivity index (χ2n) is 30.0. The van der Waals surface area contributed by atoms with Crippen molar-refractivity contribution in [3.63, 3.8) is 0 Å². The third-order valence-corrected chi connectivity index (χ3v) is 18.9. The molecule has 572 valence electrons. The zero-order valence-corrected chi connectivity index (χ0v) is 70.1. The van der Waals surface area contributed by atoms with Crippen molar-refractivity contribution in [2.45, 2.75) is 225 Å². The van der Waals surface area contributed by atoms with E-state index in [-0.39, 0.29) is 80.8 Å². The Morgan fingerprint density at radius 3 is 1.05 bits per heavy atom. The molecular weight excluding hydrogens is 1430 g/mol. The second kappa shape index (κ2) is 41.2. The molecule has 0 saturated heterocycles. The number of aromatic nitrogens is 8. The highest BCUT2D eigenvalue weighted by Crippen LogP contribution is 2.37. The number of ether oxygens (including phenoxy) is 2. The van der Waals surface area contributed by atoms with E-state index in [1.54, 1.807) is 93.4 Å². The predicted molar refractivity (Wildman–Crippen MR) is 423 cm³/mol. The van der Waals surface area contributed by atoms with Crippen LogP contribution in [0, 0.1) is 27.7 Å². The molecule has 0 spiro atoms. The summed E-state index contributed by atoms with van der Waals surface area (Å²) in [7, 11) is 6.52. The number of halogens is 4. The average molecular weight is 1540 g/mol. The van der Waals surface area contributed by atoms with Gasteiger partial charge in [-0.2, -0.15) is 0 Å². The average Bonchev–Trinajstić information content (AvgIpc) is 1.05. The van der Waals surface area contributed by atoms with Gasteiger partial charge in [-0.3, -0.25) is 47.9 Å². The summed E-state index contributed by atoms with van der Waals surface area (Å²) in [5.74, 6) is -0.347. The number of nitrogens with one attached hydrogen (secondary N) is 4. The number of alkyl halides is 2. The van der Waals surface area contributed by atoms with Crippen LogP contribution in [0.25, 0.3) is 0 Å². The SMILES string of the molecule is CCCCOCN(C(=O)CCl)c1c(C)cccc1C(C)(C)C.CCCCOCN(C(=O)CCl)c1c(C)cccc1C(C)(C)C.CNC(=O)N(C)c1nnc(C(C)(C)C)s1.CNC(=O)N(C)c1nnc(C(C)(C)C)s1.Cc1[nH]c(=O)n(C(C)(C)C)c(=O)c1Cl.Cc1[nH]c(=O)n(C(C)(C)C)c(=O)c1Cl. The van der Waals surface area contributed by atoms with Crippen LogP contribution >= 0.6 is 69.1 Å². The Labute approximate surface area is 632 Å². The number of aromatic amines is 2. The monoisotopic (exact) mass is 1540 g/mol. The number of aryl methyl sites for hydroxylation is 4. The molecule has 6 aromatic rings. The van der Waals surface area contributed by atoms with Crippen molar-refractivity contribution in [1.29, 1.82) is 0 Å². The Balaban J connectivity index is 0.000000619. The molecule has 0 bridgehead atoms. The molecule has 0 radical (unpaired) electrons. The van der Waals surface area contributed by atoms with Gasteiger partial charge in [0, 0.05) is 74.7 Å². The van der Waals surface area contributed by atoms with Crippen molar-refractivity contribution in [2.75, 3.05) is 86.2 Å². The molecule has 6 rings (SSSR count). The van der Waals surface area contributed by atoms with E-state index in [0.717, 1.165) is 78.5 Å². The summed E-state index contributed by atoms with van der Waals surface area (Å²) in [6, 6.07) is 11.9. The lowest BCUT2D eigenvalue weighted by molar-refractivity contribution is -0.118. The van der Waals surface area contributed by atoms with Crippen LogP contribution in [0.3, 0.4) is 0 Å². The number of benzene rings is 2. The van der Waals surface area contributed by atoms with Gasteiger partial charge in [0.2, 0.25) is 22.1 Å². The van der Waals surface area contributed by atoms with Crippen LogP contribution < -0.4 is 52.7 Å². The van der Waals surface area contributed by atoms with Gasteiger partial charge in [0.15, 0.2) is 0 Å². The largest absolute Gasteiger partial charge is 0.361 e. The normalized spacial score (nSPS) is 11.5. The highest BCUT2D eigenvalue weighted by molar-refractivity contribution is 7.15. The molecule has 4 aromatic heterocycles. The molecule has 0 saturated carbocycles. The molecule has 0 unspecified atom stereocenters. The molecule has 0 aliphatic heterocycles. The minimum Gasteiger partial charge on any atom is -0.361 e. The number of unbranched alkanes of at least 4 members (excludes halogenated alkanes) is 2. The molecule has 24 nitrogen and oxygen atoms in total. The molecule has 0 aliphatic rings. The van der Waals surface area contributed by atoms with Crippen molar-refractivity contribution in [3.05, 3.63) is 132 Å². The quantitative estimate of drug-likeness (QED) is 0.0398. The lowest BCUT2D eigenvalue weighted by Gasteiger charge is -2.31. The number of H-pyrrole nitrogens is 2. The van der Waals surface area contributed by atoms with Gasteiger partial charge in [-0.25, -0.2) is 19.2 Å². The van der Waals surface area contributed by atoms with Gasteiger partial charge in [-0.05, 0) is 115 Å². The topological polar surface area (TPSA) is 285 Å². The maximum Gasteiger partial charge on any atom is 0.329 e. The standard InChI is InChI=1S/2C18H28ClNO2.2C9H13ClN2O2.2C9H16N4OS/c2*1-6-7-11-22-13-20(16(21)12-19)17-14(2)9-8-10-15(17)18(3,4)5;2*1-5-6(10)7(13)12(8(14)11-5)9(2,3)4;2*1-9(2,3)6-11-12-8(15-6)13(5)7(14)10-4/h2*8-10H,6-7,11-13H2,1-5H3;2*1-4H3,(H,11,14);2*1-5H3,(H,10,14). The number of carbonyl (C=O) groups excluding carboxylic acids is 4. The first-order valence-corrected chi connectivity index (χ1v) is 37.0. The van der Waals surface area contributed by atoms with Gasteiger partial charge in [0.05, 0.1) is 11.4 Å². The molecule has 2 aromatic carbocycles. The smallest absolute Gasteiger partial charge is 0.329 e. The molecule has 0 atom stereocenters. The first-order chi connectivity index (χ1) is 46.9. The number of rotatable bonds is 16. The molecule has 0 fully saturated rings. The Bertz CT molecular complexity index is 3680. The van der Waals surface area contributed by atoms with Crippen LogP contribution in [0.15, 0.2) is 55.6 Å². The van der Waals surface area contributed by atoms with Gasteiger partial charge < -0.3 is 30.1 Å². The number of hydrogen-bond acceptors (Lipinski definition) is 16. The molecule has 30 heteroatoms. The number of anilines is 4. The van der Waals surface area contributed by atoms with E-state index in [4.69, 9.17) is 55.9 Å². The predicted octanol–water partition coefficient (Wildman–Crippen LogP) is 15.0. The van der Waals surface area contributed by atoms with E-state index >= 15 is 0 Å². The van der Waals surface area contributed by atoms with Crippen molar-refractivity contribution in [3.8, 4) is 0 Å². The van der Waals surface area contributed by atoms with Crippen LogP contribution in [-0.2, 0) is 51.8 Å². The zero-order valence-electron chi connectivity index (χ0n) is 65.4. The summed E-state index contributed by atoms with van der Waals surface area (Å²) in [6.45, 7) is 49.2. The maximum absolute atomic E-state index is 12.3. The van der Waals surface area contributed by atoms with Crippen LogP contribution in [0.1, 0.15) is 208 Å². The van der Waals surface area contributed by atoms with Crippen LogP contribution in [0.2, 0.25) is 10.0 Å². The summed E-state index contributed by atoms with van der Waals surface area (Å²) in [6.07, 6.45) is 4.12. The Morgan fingerprint density at radius 1 is 0.510 bits per heavy atom. The molecule has 4 heterocycles.